The van der Waals surface area contributed by atoms with Crippen molar-refractivity contribution in [1.29, 1.82) is 0 Å². The molecule has 0 fully saturated rings. The van der Waals surface area contributed by atoms with Crippen LogP contribution in [0.5, 0.6) is 0 Å². The maximum absolute atomic E-state index is 10.9. The smallest absolute Gasteiger partial charge is 0.354 e. The van der Waals surface area contributed by atoms with Gasteiger partial charge in [0.2, 0.25) is 0 Å². The number of carboxylic acids is 1. The van der Waals surface area contributed by atoms with Gasteiger partial charge in [-0.2, -0.15) is 0 Å². The SMILES string of the molecule is CCN(CC)CCCN(CC)Cc1ccnc(C(=O)O)c1. The fraction of sp³-hybridized carbons (Fsp3) is 0.625. The number of carbonyl (C=O) groups is 1. The van der Waals surface area contributed by atoms with Gasteiger partial charge in [-0.05, 0) is 56.8 Å². The lowest BCUT2D eigenvalue weighted by molar-refractivity contribution is 0.0690. The zero-order valence-corrected chi connectivity index (χ0v) is 13.4. The van der Waals surface area contributed by atoms with Crippen LogP contribution in [-0.4, -0.2) is 58.6 Å². The minimum atomic E-state index is -0.971. The minimum Gasteiger partial charge on any atom is -0.477 e. The molecule has 0 atom stereocenters. The highest BCUT2D eigenvalue weighted by molar-refractivity contribution is 5.85. The maximum Gasteiger partial charge on any atom is 0.354 e. The molecule has 0 bridgehead atoms. The summed E-state index contributed by atoms with van der Waals surface area (Å²) in [5, 5.41) is 8.98. The van der Waals surface area contributed by atoms with Gasteiger partial charge in [0.05, 0.1) is 0 Å². The molecule has 0 aromatic carbocycles. The number of aromatic nitrogens is 1. The zero-order valence-electron chi connectivity index (χ0n) is 13.4. The number of aromatic carboxylic acids is 1. The van der Waals surface area contributed by atoms with Crippen molar-refractivity contribution < 1.29 is 9.90 Å². The number of rotatable bonds is 10. The molecule has 0 unspecified atom stereocenters. The van der Waals surface area contributed by atoms with E-state index in [1.807, 2.05) is 6.07 Å². The topological polar surface area (TPSA) is 56.7 Å². The lowest BCUT2D eigenvalue weighted by atomic mass is 10.2. The summed E-state index contributed by atoms with van der Waals surface area (Å²) in [4.78, 5) is 19.6. The average molecular weight is 293 g/mol. The van der Waals surface area contributed by atoms with Crippen molar-refractivity contribution in [2.45, 2.75) is 33.7 Å². The van der Waals surface area contributed by atoms with Crippen LogP contribution in [0.4, 0.5) is 0 Å². The molecule has 0 saturated carbocycles. The van der Waals surface area contributed by atoms with Gasteiger partial charge in [-0.1, -0.05) is 20.8 Å². The van der Waals surface area contributed by atoms with Crippen LogP contribution in [0, 0.1) is 0 Å². The Labute approximate surface area is 127 Å². The van der Waals surface area contributed by atoms with Crippen molar-refractivity contribution in [3.8, 4) is 0 Å². The molecule has 0 radical (unpaired) electrons. The molecular weight excluding hydrogens is 266 g/mol. The highest BCUT2D eigenvalue weighted by Crippen LogP contribution is 2.07. The normalized spacial score (nSPS) is 11.3. The Balaban J connectivity index is 2.50. The van der Waals surface area contributed by atoms with E-state index in [2.05, 4.69) is 35.6 Å². The molecule has 1 aromatic heterocycles. The van der Waals surface area contributed by atoms with Crippen molar-refractivity contribution in [2.24, 2.45) is 0 Å². The Morgan fingerprint density at radius 3 is 2.33 bits per heavy atom. The van der Waals surface area contributed by atoms with Gasteiger partial charge in [0, 0.05) is 12.7 Å². The largest absolute Gasteiger partial charge is 0.477 e. The van der Waals surface area contributed by atoms with E-state index in [0.29, 0.717) is 0 Å². The molecule has 0 aliphatic heterocycles. The van der Waals surface area contributed by atoms with Crippen LogP contribution in [0.3, 0.4) is 0 Å². The molecule has 21 heavy (non-hydrogen) atoms. The van der Waals surface area contributed by atoms with Crippen molar-refractivity contribution in [2.75, 3.05) is 32.7 Å². The summed E-state index contributed by atoms with van der Waals surface area (Å²) in [5.74, 6) is -0.971. The lowest BCUT2D eigenvalue weighted by Crippen LogP contribution is -2.29. The van der Waals surface area contributed by atoms with E-state index in [1.54, 1.807) is 12.3 Å². The highest BCUT2D eigenvalue weighted by Gasteiger charge is 2.08. The first-order chi connectivity index (χ1) is 10.1. The molecule has 5 heteroatoms. The second-order valence-corrected chi connectivity index (χ2v) is 5.10. The second-order valence-electron chi connectivity index (χ2n) is 5.10. The zero-order chi connectivity index (χ0) is 15.7. The molecule has 0 aliphatic carbocycles. The van der Waals surface area contributed by atoms with Crippen molar-refractivity contribution >= 4 is 5.97 Å². The summed E-state index contributed by atoms with van der Waals surface area (Å²) in [7, 11) is 0. The standard InChI is InChI=1S/C16H27N3O2/c1-4-18(5-2)10-7-11-19(6-3)13-14-8-9-17-15(12-14)16(20)21/h8-9,12H,4-7,10-11,13H2,1-3H3,(H,20,21). The van der Waals surface area contributed by atoms with Gasteiger partial charge in [0.1, 0.15) is 5.69 Å². The molecule has 0 aliphatic rings. The number of nitrogens with zero attached hydrogens (tertiary/aromatic N) is 3. The Hall–Kier alpha value is -1.46. The van der Waals surface area contributed by atoms with Gasteiger partial charge in [0.15, 0.2) is 0 Å². The predicted octanol–water partition coefficient (Wildman–Crippen LogP) is 2.33. The fourth-order valence-corrected chi connectivity index (χ4v) is 2.35. The second kappa shape index (κ2) is 9.47. The summed E-state index contributed by atoms with van der Waals surface area (Å²) in [6.45, 7) is 12.6. The summed E-state index contributed by atoms with van der Waals surface area (Å²) in [5.41, 5.74) is 1.12. The van der Waals surface area contributed by atoms with Crippen LogP contribution in [0.1, 0.15) is 43.2 Å². The van der Waals surface area contributed by atoms with Gasteiger partial charge < -0.3 is 10.0 Å². The Bertz CT molecular complexity index is 433. The first-order valence-corrected chi connectivity index (χ1v) is 7.73. The Kier molecular flexibility index (Phi) is 7.93. The lowest BCUT2D eigenvalue weighted by Gasteiger charge is -2.23. The first kappa shape index (κ1) is 17.6. The van der Waals surface area contributed by atoms with Crippen LogP contribution in [0.2, 0.25) is 0 Å². The molecule has 0 amide bonds. The summed E-state index contributed by atoms with van der Waals surface area (Å²) in [6.07, 6.45) is 2.70. The molecule has 1 N–H and O–H groups in total. The number of hydrogen-bond donors (Lipinski definition) is 1. The Morgan fingerprint density at radius 1 is 1.14 bits per heavy atom. The van der Waals surface area contributed by atoms with Gasteiger partial charge in [-0.3, -0.25) is 4.90 Å². The van der Waals surface area contributed by atoms with E-state index < -0.39 is 5.97 Å². The van der Waals surface area contributed by atoms with Crippen molar-refractivity contribution in [3.63, 3.8) is 0 Å². The van der Waals surface area contributed by atoms with Crippen LogP contribution in [0.15, 0.2) is 18.3 Å². The van der Waals surface area contributed by atoms with Crippen LogP contribution < -0.4 is 0 Å². The van der Waals surface area contributed by atoms with E-state index in [4.69, 9.17) is 5.11 Å². The molecule has 1 heterocycles. The quantitative estimate of drug-likeness (QED) is 0.717. The van der Waals surface area contributed by atoms with E-state index in [1.165, 1.54) is 0 Å². The number of carboxylic acid groups (broad SMARTS) is 1. The van der Waals surface area contributed by atoms with E-state index in [-0.39, 0.29) is 5.69 Å². The molecule has 1 aromatic rings. The number of pyridine rings is 1. The van der Waals surface area contributed by atoms with Gasteiger partial charge in [-0.25, -0.2) is 9.78 Å². The predicted molar refractivity (Wildman–Crippen MR) is 84.6 cm³/mol. The molecule has 1 rings (SSSR count). The first-order valence-electron chi connectivity index (χ1n) is 7.73. The van der Waals surface area contributed by atoms with Gasteiger partial charge in [0.25, 0.3) is 0 Å². The van der Waals surface area contributed by atoms with Gasteiger partial charge in [-0.15, -0.1) is 0 Å². The van der Waals surface area contributed by atoms with Crippen molar-refractivity contribution in [1.82, 2.24) is 14.8 Å². The summed E-state index contributed by atoms with van der Waals surface area (Å²) >= 11 is 0. The summed E-state index contributed by atoms with van der Waals surface area (Å²) in [6, 6.07) is 3.55. The highest BCUT2D eigenvalue weighted by atomic mass is 16.4. The maximum atomic E-state index is 10.9. The molecule has 5 nitrogen and oxygen atoms in total. The molecular formula is C16H27N3O2. The van der Waals surface area contributed by atoms with Crippen LogP contribution >= 0.6 is 0 Å². The molecule has 0 saturated heterocycles. The fourth-order valence-electron chi connectivity index (χ4n) is 2.35. The third-order valence-corrected chi connectivity index (χ3v) is 3.74. The number of hydrogen-bond acceptors (Lipinski definition) is 4. The van der Waals surface area contributed by atoms with E-state index in [9.17, 15) is 4.79 Å². The monoisotopic (exact) mass is 293 g/mol. The summed E-state index contributed by atoms with van der Waals surface area (Å²) < 4.78 is 0. The average Bonchev–Trinajstić information content (AvgIpc) is 2.50. The Morgan fingerprint density at radius 2 is 1.76 bits per heavy atom. The van der Waals surface area contributed by atoms with E-state index in [0.717, 1.165) is 51.3 Å². The van der Waals surface area contributed by atoms with Gasteiger partial charge >= 0.3 is 5.97 Å². The molecule has 118 valence electrons. The van der Waals surface area contributed by atoms with E-state index >= 15 is 0 Å². The van der Waals surface area contributed by atoms with Crippen LogP contribution in [0.25, 0.3) is 0 Å². The van der Waals surface area contributed by atoms with Crippen molar-refractivity contribution in [3.05, 3.63) is 29.6 Å². The van der Waals surface area contributed by atoms with Crippen LogP contribution in [-0.2, 0) is 6.54 Å². The third kappa shape index (κ3) is 6.23. The third-order valence-electron chi connectivity index (χ3n) is 3.74. The molecule has 0 spiro atoms. The minimum absolute atomic E-state index is 0.117.